The summed E-state index contributed by atoms with van der Waals surface area (Å²) in [6, 6.07) is 17.2. The van der Waals surface area contributed by atoms with E-state index in [0.29, 0.717) is 0 Å². The van der Waals surface area contributed by atoms with E-state index in [9.17, 15) is 0 Å². The number of halogens is 1. The molecule has 2 aromatic carbocycles. The van der Waals surface area contributed by atoms with Gasteiger partial charge in [-0.25, -0.2) is 0 Å². The topological polar surface area (TPSA) is 0 Å². The van der Waals surface area contributed by atoms with Gasteiger partial charge < -0.3 is 0 Å². The lowest BCUT2D eigenvalue weighted by molar-refractivity contribution is 0.567. The molecule has 1 unspecified atom stereocenters. The van der Waals surface area contributed by atoms with E-state index in [1.807, 2.05) is 6.07 Å². The Morgan fingerprint density at radius 2 is 1.26 bits per heavy atom. The molecule has 0 aliphatic rings. The van der Waals surface area contributed by atoms with Gasteiger partial charge in [-0.3, -0.25) is 0 Å². The molecule has 23 heavy (non-hydrogen) atoms. The van der Waals surface area contributed by atoms with Crippen LogP contribution in [0.25, 0.3) is 0 Å². The Hall–Kier alpha value is -0.920. The van der Waals surface area contributed by atoms with Gasteiger partial charge in [-0.2, -0.15) is 0 Å². The van der Waals surface area contributed by atoms with E-state index in [0.717, 1.165) is 0 Å². The van der Waals surface area contributed by atoms with Crippen molar-refractivity contribution in [3.8, 4) is 0 Å². The van der Waals surface area contributed by atoms with E-state index in [1.54, 1.807) is 11.8 Å². The Bertz CT molecular complexity index is 616. The Morgan fingerprint density at radius 3 is 1.70 bits per heavy atom. The van der Waals surface area contributed by atoms with E-state index in [-0.39, 0.29) is 15.5 Å². The second-order valence-corrected chi connectivity index (χ2v) is 9.96. The highest BCUT2D eigenvalue weighted by Gasteiger charge is 2.22. The van der Waals surface area contributed by atoms with Gasteiger partial charge in [-0.05, 0) is 39.7 Å². The SMILES string of the molecule is CC(C)(C)c1cc(C(Cl)Sc2ccccc2)cc(C(C)(C)C)c1. The van der Waals surface area contributed by atoms with Crippen molar-refractivity contribution in [1.29, 1.82) is 0 Å². The van der Waals surface area contributed by atoms with Crippen LogP contribution in [-0.2, 0) is 10.8 Å². The zero-order valence-electron chi connectivity index (χ0n) is 15.0. The standard InChI is InChI=1S/C21H27ClS/c1-20(2,3)16-12-15(13-17(14-16)21(4,5)6)19(22)23-18-10-8-7-9-11-18/h7-14,19H,1-6H3. The number of rotatable bonds is 3. The second-order valence-electron chi connectivity index (χ2n) is 8.09. The average molecular weight is 347 g/mol. The lowest BCUT2D eigenvalue weighted by Crippen LogP contribution is -2.17. The molecule has 2 heteroatoms. The molecule has 0 aliphatic heterocycles. The molecule has 2 aromatic rings. The van der Waals surface area contributed by atoms with Gasteiger partial charge in [0.05, 0.1) is 0 Å². The van der Waals surface area contributed by atoms with E-state index in [1.165, 1.54) is 21.6 Å². The van der Waals surface area contributed by atoms with Crippen LogP contribution in [0.3, 0.4) is 0 Å². The molecule has 124 valence electrons. The highest BCUT2D eigenvalue weighted by molar-refractivity contribution is 8.00. The fraction of sp³-hybridized carbons (Fsp3) is 0.429. The van der Waals surface area contributed by atoms with Crippen LogP contribution in [0.1, 0.15) is 62.9 Å². The molecule has 0 spiro atoms. The quantitative estimate of drug-likeness (QED) is 0.414. The maximum Gasteiger partial charge on any atom is 0.108 e. The molecule has 1 atom stereocenters. The minimum absolute atomic E-state index is 0.0826. The van der Waals surface area contributed by atoms with E-state index < -0.39 is 0 Å². The minimum atomic E-state index is -0.0826. The van der Waals surface area contributed by atoms with Crippen LogP contribution in [0.5, 0.6) is 0 Å². The van der Waals surface area contributed by atoms with Gasteiger partial charge in [-0.1, -0.05) is 77.9 Å². The molecule has 0 heterocycles. The molecule has 0 aromatic heterocycles. The second kappa shape index (κ2) is 6.91. The molecule has 0 bridgehead atoms. The first kappa shape index (κ1) is 18.4. The first-order valence-corrected chi connectivity index (χ1v) is 9.41. The van der Waals surface area contributed by atoms with Gasteiger partial charge in [0, 0.05) is 4.90 Å². The normalized spacial score (nSPS) is 13.9. The first-order chi connectivity index (χ1) is 10.6. The van der Waals surface area contributed by atoms with Gasteiger partial charge in [0.1, 0.15) is 4.71 Å². The number of hydrogen-bond acceptors (Lipinski definition) is 1. The predicted octanol–water partition coefficient (Wildman–Crippen LogP) is 7.31. The largest absolute Gasteiger partial charge is 0.108 e. The van der Waals surface area contributed by atoms with Crippen molar-refractivity contribution < 1.29 is 0 Å². The highest BCUT2D eigenvalue weighted by Crippen LogP contribution is 2.41. The van der Waals surface area contributed by atoms with Crippen molar-refractivity contribution in [1.82, 2.24) is 0 Å². The summed E-state index contributed by atoms with van der Waals surface area (Å²) in [7, 11) is 0. The Labute approximate surface area is 150 Å². The maximum absolute atomic E-state index is 6.75. The van der Waals surface area contributed by atoms with Crippen molar-refractivity contribution in [2.45, 2.75) is 62.0 Å². The molecule has 0 aliphatic carbocycles. The van der Waals surface area contributed by atoms with E-state index in [2.05, 4.69) is 84.0 Å². The first-order valence-electron chi connectivity index (χ1n) is 8.09. The van der Waals surface area contributed by atoms with Crippen LogP contribution < -0.4 is 0 Å². The molecule has 0 N–H and O–H groups in total. The van der Waals surface area contributed by atoms with Crippen LogP contribution in [0.15, 0.2) is 53.4 Å². The predicted molar refractivity (Wildman–Crippen MR) is 105 cm³/mol. The summed E-state index contributed by atoms with van der Waals surface area (Å²) in [5, 5.41) is 0. The van der Waals surface area contributed by atoms with Crippen LogP contribution in [0, 0.1) is 0 Å². The van der Waals surface area contributed by atoms with Gasteiger partial charge in [0.15, 0.2) is 0 Å². The minimum Gasteiger partial charge on any atom is -0.105 e. The summed E-state index contributed by atoms with van der Waals surface area (Å²) in [5.41, 5.74) is 4.12. The number of hydrogen-bond donors (Lipinski definition) is 0. The maximum atomic E-state index is 6.75. The third kappa shape index (κ3) is 5.02. The summed E-state index contributed by atoms with van der Waals surface area (Å²) >= 11 is 8.45. The summed E-state index contributed by atoms with van der Waals surface area (Å²) in [6.07, 6.45) is 0. The van der Waals surface area contributed by atoms with Crippen LogP contribution >= 0.6 is 23.4 Å². The summed E-state index contributed by atoms with van der Waals surface area (Å²) in [4.78, 5) is 1.20. The molecule has 0 saturated carbocycles. The zero-order valence-corrected chi connectivity index (χ0v) is 16.6. The van der Waals surface area contributed by atoms with Gasteiger partial charge >= 0.3 is 0 Å². The summed E-state index contributed by atoms with van der Waals surface area (Å²) in [6.45, 7) is 13.5. The molecule has 0 radical (unpaired) electrons. The molecule has 0 amide bonds. The van der Waals surface area contributed by atoms with Crippen molar-refractivity contribution >= 4 is 23.4 Å². The Kier molecular flexibility index (Phi) is 5.53. The number of thioether (sulfide) groups is 1. The third-order valence-electron chi connectivity index (χ3n) is 3.93. The molecular weight excluding hydrogens is 320 g/mol. The molecule has 0 nitrogen and oxygen atoms in total. The van der Waals surface area contributed by atoms with Gasteiger partial charge in [-0.15, -0.1) is 23.4 Å². The average Bonchev–Trinajstić information content (AvgIpc) is 2.46. The van der Waals surface area contributed by atoms with Crippen LogP contribution in [0.4, 0.5) is 0 Å². The van der Waals surface area contributed by atoms with Crippen LogP contribution in [0.2, 0.25) is 0 Å². The Balaban J connectivity index is 2.40. The Morgan fingerprint density at radius 1 is 0.783 bits per heavy atom. The van der Waals surface area contributed by atoms with Crippen molar-refractivity contribution in [2.75, 3.05) is 0 Å². The van der Waals surface area contributed by atoms with Gasteiger partial charge in [0.2, 0.25) is 0 Å². The molecule has 0 fully saturated rings. The van der Waals surface area contributed by atoms with Gasteiger partial charge in [0.25, 0.3) is 0 Å². The fourth-order valence-electron chi connectivity index (χ4n) is 2.34. The van der Waals surface area contributed by atoms with E-state index in [4.69, 9.17) is 11.6 Å². The lowest BCUT2D eigenvalue weighted by Gasteiger charge is -2.27. The van der Waals surface area contributed by atoms with Crippen molar-refractivity contribution in [2.24, 2.45) is 0 Å². The highest BCUT2D eigenvalue weighted by atomic mass is 35.5. The summed E-state index contributed by atoms with van der Waals surface area (Å²) in [5.74, 6) is 0. The molecular formula is C21H27ClS. The monoisotopic (exact) mass is 346 g/mol. The third-order valence-corrected chi connectivity index (χ3v) is 5.47. The van der Waals surface area contributed by atoms with Crippen molar-refractivity contribution in [3.63, 3.8) is 0 Å². The summed E-state index contributed by atoms with van der Waals surface area (Å²) < 4.78 is -0.0826. The molecule has 0 saturated heterocycles. The number of alkyl halides is 1. The van der Waals surface area contributed by atoms with E-state index >= 15 is 0 Å². The smallest absolute Gasteiger partial charge is 0.105 e. The molecule has 2 rings (SSSR count). The lowest BCUT2D eigenvalue weighted by atomic mass is 9.80. The zero-order chi connectivity index (χ0) is 17.3. The number of benzene rings is 2. The van der Waals surface area contributed by atoms with Crippen molar-refractivity contribution in [3.05, 3.63) is 65.2 Å². The fourth-order valence-corrected chi connectivity index (χ4v) is 3.60. The van der Waals surface area contributed by atoms with Crippen LogP contribution in [-0.4, -0.2) is 0 Å².